The number of hydrogen-bond acceptors (Lipinski definition) is 4. The van der Waals surface area contributed by atoms with Gasteiger partial charge in [-0.1, -0.05) is 0 Å². The molecule has 1 unspecified atom stereocenters. The summed E-state index contributed by atoms with van der Waals surface area (Å²) in [5.41, 5.74) is -0.340. The molecule has 1 fully saturated rings. The van der Waals surface area contributed by atoms with Gasteiger partial charge in [-0.15, -0.1) is 0 Å². The van der Waals surface area contributed by atoms with Crippen LogP contribution in [0.1, 0.15) is 57.8 Å². The predicted molar refractivity (Wildman–Crippen MR) is 110 cm³/mol. The summed E-state index contributed by atoms with van der Waals surface area (Å²) in [6, 6.07) is 3.94. The van der Waals surface area contributed by atoms with E-state index >= 15 is 0 Å². The van der Waals surface area contributed by atoms with Crippen molar-refractivity contribution in [2.45, 2.75) is 59.1 Å². The van der Waals surface area contributed by atoms with Gasteiger partial charge in [0.05, 0.1) is 12.7 Å². The minimum Gasteiger partial charge on any atom is -0.496 e. The summed E-state index contributed by atoms with van der Waals surface area (Å²) in [5.74, 6) is -0.240. The minimum atomic E-state index is -0.563. The van der Waals surface area contributed by atoms with Crippen LogP contribution in [0.4, 0.5) is 9.18 Å². The Balaban J connectivity index is 2.10. The number of rotatable bonds is 5. The number of benzene rings is 1. The molecule has 1 aliphatic heterocycles. The number of methoxy groups -OCH3 is 1. The molecule has 7 heteroatoms. The molecule has 162 valence electrons. The van der Waals surface area contributed by atoms with Crippen molar-refractivity contribution in [3.05, 3.63) is 29.6 Å². The first-order valence-corrected chi connectivity index (χ1v) is 10.1. The van der Waals surface area contributed by atoms with Crippen LogP contribution in [0.5, 0.6) is 5.75 Å². The third kappa shape index (κ3) is 6.34. The van der Waals surface area contributed by atoms with Crippen molar-refractivity contribution in [3.8, 4) is 5.75 Å². The van der Waals surface area contributed by atoms with Gasteiger partial charge in [0.1, 0.15) is 17.2 Å². The monoisotopic (exact) mass is 408 g/mol. The van der Waals surface area contributed by atoms with E-state index in [2.05, 4.69) is 0 Å². The molecule has 0 N–H and O–H groups in total. The van der Waals surface area contributed by atoms with Gasteiger partial charge in [0, 0.05) is 25.7 Å². The Bertz CT molecular complexity index is 730. The molecule has 29 heavy (non-hydrogen) atoms. The molecule has 1 saturated heterocycles. The number of nitrogens with zero attached hydrogens (tertiary/aromatic N) is 2. The maximum Gasteiger partial charge on any atom is 0.410 e. The zero-order valence-corrected chi connectivity index (χ0v) is 18.3. The van der Waals surface area contributed by atoms with Gasteiger partial charge in [0.25, 0.3) is 5.91 Å². The molecule has 1 aliphatic rings. The third-order valence-corrected chi connectivity index (χ3v) is 4.90. The summed E-state index contributed by atoms with van der Waals surface area (Å²) in [5, 5.41) is 0. The number of amides is 2. The summed E-state index contributed by atoms with van der Waals surface area (Å²) < 4.78 is 24.5. The van der Waals surface area contributed by atoms with Crippen LogP contribution in [-0.4, -0.2) is 60.2 Å². The molecule has 1 atom stereocenters. The first-order chi connectivity index (χ1) is 13.5. The smallest absolute Gasteiger partial charge is 0.410 e. The number of halogens is 1. The Labute approximate surface area is 172 Å². The highest BCUT2D eigenvalue weighted by atomic mass is 19.1. The van der Waals surface area contributed by atoms with Crippen LogP contribution in [0.2, 0.25) is 0 Å². The average molecular weight is 409 g/mol. The van der Waals surface area contributed by atoms with Crippen molar-refractivity contribution in [2.75, 3.05) is 26.7 Å². The fourth-order valence-electron chi connectivity index (χ4n) is 3.51. The van der Waals surface area contributed by atoms with E-state index in [0.29, 0.717) is 25.4 Å². The highest BCUT2D eigenvalue weighted by Gasteiger charge is 2.31. The van der Waals surface area contributed by atoms with Crippen LogP contribution in [-0.2, 0) is 4.74 Å². The van der Waals surface area contributed by atoms with E-state index in [1.165, 1.54) is 25.3 Å². The van der Waals surface area contributed by atoms with Gasteiger partial charge in [-0.05, 0) is 71.6 Å². The van der Waals surface area contributed by atoms with E-state index < -0.39 is 11.4 Å². The van der Waals surface area contributed by atoms with Crippen molar-refractivity contribution in [3.63, 3.8) is 0 Å². The highest BCUT2D eigenvalue weighted by molar-refractivity contribution is 5.97. The summed E-state index contributed by atoms with van der Waals surface area (Å²) >= 11 is 0. The van der Waals surface area contributed by atoms with Gasteiger partial charge >= 0.3 is 6.09 Å². The fourth-order valence-corrected chi connectivity index (χ4v) is 3.51. The molecule has 0 spiro atoms. The quantitative estimate of drug-likeness (QED) is 0.728. The number of carbonyl (C=O) groups excluding carboxylic acids is 2. The van der Waals surface area contributed by atoms with Crippen LogP contribution < -0.4 is 4.74 Å². The lowest BCUT2D eigenvalue weighted by atomic mass is 9.96. The summed E-state index contributed by atoms with van der Waals surface area (Å²) in [4.78, 5) is 29.0. The molecule has 2 rings (SSSR count). The van der Waals surface area contributed by atoms with Crippen molar-refractivity contribution < 1.29 is 23.5 Å². The van der Waals surface area contributed by atoms with Crippen molar-refractivity contribution in [1.82, 2.24) is 9.80 Å². The first kappa shape index (κ1) is 23.0. The van der Waals surface area contributed by atoms with E-state index in [9.17, 15) is 14.0 Å². The van der Waals surface area contributed by atoms with Gasteiger partial charge < -0.3 is 19.3 Å². The Morgan fingerprint density at radius 1 is 1.31 bits per heavy atom. The molecular weight excluding hydrogens is 375 g/mol. The van der Waals surface area contributed by atoms with E-state index in [1.807, 2.05) is 34.6 Å². The second-order valence-corrected chi connectivity index (χ2v) is 8.83. The molecule has 0 aromatic heterocycles. The lowest BCUT2D eigenvalue weighted by molar-refractivity contribution is 0.0124. The molecule has 1 aromatic rings. The van der Waals surface area contributed by atoms with Crippen LogP contribution >= 0.6 is 0 Å². The fraction of sp³-hybridized carbons (Fsp3) is 0.636. The molecule has 2 amide bonds. The van der Waals surface area contributed by atoms with Gasteiger partial charge in [-0.2, -0.15) is 0 Å². The first-order valence-electron chi connectivity index (χ1n) is 10.1. The normalized spacial score (nSPS) is 17.2. The molecule has 0 aliphatic carbocycles. The second kappa shape index (κ2) is 9.46. The largest absolute Gasteiger partial charge is 0.496 e. The number of ether oxygens (including phenoxy) is 2. The van der Waals surface area contributed by atoms with Crippen molar-refractivity contribution in [2.24, 2.45) is 5.92 Å². The molecule has 0 bridgehead atoms. The Morgan fingerprint density at radius 3 is 2.59 bits per heavy atom. The lowest BCUT2D eigenvalue weighted by Crippen LogP contribution is -2.48. The Morgan fingerprint density at radius 2 is 2.00 bits per heavy atom. The van der Waals surface area contributed by atoms with Crippen molar-refractivity contribution >= 4 is 12.0 Å². The van der Waals surface area contributed by atoms with Crippen LogP contribution in [0.3, 0.4) is 0 Å². The maximum atomic E-state index is 13.7. The van der Waals surface area contributed by atoms with Crippen LogP contribution in [0.15, 0.2) is 18.2 Å². The zero-order valence-electron chi connectivity index (χ0n) is 18.3. The molecule has 0 saturated carbocycles. The van der Waals surface area contributed by atoms with Crippen LogP contribution in [0, 0.1) is 11.7 Å². The highest BCUT2D eigenvalue weighted by Crippen LogP contribution is 2.25. The Hall–Kier alpha value is -2.31. The van der Waals surface area contributed by atoms with Gasteiger partial charge in [0.2, 0.25) is 0 Å². The molecule has 0 radical (unpaired) electrons. The topological polar surface area (TPSA) is 59.1 Å². The van der Waals surface area contributed by atoms with E-state index in [0.717, 1.165) is 12.8 Å². The number of piperidine rings is 1. The lowest BCUT2D eigenvalue weighted by Gasteiger charge is -2.37. The van der Waals surface area contributed by atoms with Gasteiger partial charge in [0.15, 0.2) is 0 Å². The standard InChI is InChI=1S/C22H33FN2O4/c1-15(2)25(21(27)29-22(3,4)5)14-16-8-7-11-24(13-16)20(26)18-12-17(23)9-10-19(18)28-6/h9-10,12,15-16H,7-8,11,13-14H2,1-6H3. The molecular formula is C22H33FN2O4. The summed E-state index contributed by atoms with van der Waals surface area (Å²) in [7, 11) is 1.46. The molecule has 6 nitrogen and oxygen atoms in total. The molecule has 1 aromatic carbocycles. The van der Waals surface area contributed by atoms with Gasteiger partial charge in [-0.25, -0.2) is 9.18 Å². The SMILES string of the molecule is COc1ccc(F)cc1C(=O)N1CCCC(CN(C(=O)OC(C)(C)C)C(C)C)C1. The number of carbonyl (C=O) groups is 2. The van der Waals surface area contributed by atoms with E-state index in [-0.39, 0.29) is 29.5 Å². The third-order valence-electron chi connectivity index (χ3n) is 4.90. The van der Waals surface area contributed by atoms with Crippen molar-refractivity contribution in [1.29, 1.82) is 0 Å². The van der Waals surface area contributed by atoms with Crippen LogP contribution in [0.25, 0.3) is 0 Å². The predicted octanol–water partition coefficient (Wildman–Crippen LogP) is 4.33. The average Bonchev–Trinajstić information content (AvgIpc) is 2.64. The minimum absolute atomic E-state index is 0.0146. The Kier molecular flexibility index (Phi) is 7.49. The van der Waals surface area contributed by atoms with Gasteiger partial charge in [-0.3, -0.25) is 4.79 Å². The van der Waals surface area contributed by atoms with E-state index in [1.54, 1.807) is 9.80 Å². The second-order valence-electron chi connectivity index (χ2n) is 8.83. The van der Waals surface area contributed by atoms with E-state index in [4.69, 9.17) is 9.47 Å². The number of likely N-dealkylation sites (tertiary alicyclic amines) is 1. The number of hydrogen-bond donors (Lipinski definition) is 0. The summed E-state index contributed by atoms with van der Waals surface area (Å²) in [6.45, 7) is 11.1. The summed E-state index contributed by atoms with van der Waals surface area (Å²) in [6.07, 6.45) is 1.40. The maximum absolute atomic E-state index is 13.7. The zero-order chi connectivity index (χ0) is 21.8. The molecule has 1 heterocycles.